The van der Waals surface area contributed by atoms with E-state index >= 15 is 0 Å². The maximum Gasteiger partial charge on any atom is 0.326 e. The van der Waals surface area contributed by atoms with Gasteiger partial charge in [-0.2, -0.15) is 0 Å². The molecule has 2 aromatic rings. The second-order valence-electron chi connectivity index (χ2n) is 5.24. The number of hydrogen-bond acceptors (Lipinski definition) is 6. The number of aromatic nitrogens is 2. The number of nitrogens with zero attached hydrogens (tertiary/aromatic N) is 3. The first-order valence-electron chi connectivity index (χ1n) is 7.03. The number of aliphatic carboxylic acids is 1. The molecular weight excluding hydrogens is 304 g/mol. The Morgan fingerprint density at radius 3 is 3.09 bits per heavy atom. The number of carbonyl (C=O) groups is 2. The molecule has 1 saturated heterocycles. The molecule has 0 saturated carbocycles. The number of carboxylic acid groups (broad SMARTS) is 1. The minimum Gasteiger partial charge on any atom is -0.480 e. The highest BCUT2D eigenvalue weighted by atomic mass is 32.1. The van der Waals surface area contributed by atoms with Crippen LogP contribution in [0.25, 0.3) is 10.2 Å². The fraction of sp³-hybridized carbons (Fsp3) is 0.429. The lowest BCUT2D eigenvalue weighted by atomic mass is 10.2. The number of rotatable bonds is 4. The van der Waals surface area contributed by atoms with Gasteiger partial charge in [-0.15, -0.1) is 11.3 Å². The minimum absolute atomic E-state index is 0.0325. The van der Waals surface area contributed by atoms with Crippen LogP contribution in [0, 0.1) is 6.92 Å². The highest BCUT2D eigenvalue weighted by Gasteiger charge is 2.33. The second-order valence-corrected chi connectivity index (χ2v) is 6.47. The van der Waals surface area contributed by atoms with Gasteiger partial charge in [0, 0.05) is 11.4 Å². The zero-order valence-electron chi connectivity index (χ0n) is 12.1. The molecule has 0 radical (unpaired) electrons. The fourth-order valence-electron chi connectivity index (χ4n) is 2.70. The molecule has 1 fully saturated rings. The molecule has 1 aliphatic heterocycles. The Labute approximate surface area is 131 Å². The summed E-state index contributed by atoms with van der Waals surface area (Å²) in [5.41, 5.74) is 0. The SMILES string of the molecule is Cc1cc2c(NCC(=O)N3CCCC3C(=O)O)ncnc2s1. The number of amides is 1. The third kappa shape index (κ3) is 2.74. The molecule has 116 valence electrons. The Morgan fingerprint density at radius 1 is 1.50 bits per heavy atom. The van der Waals surface area contributed by atoms with Gasteiger partial charge in [0.25, 0.3) is 0 Å². The number of carboxylic acids is 1. The molecule has 3 rings (SSSR count). The molecule has 0 aromatic carbocycles. The van der Waals surface area contributed by atoms with E-state index in [0.717, 1.165) is 21.5 Å². The molecule has 1 amide bonds. The largest absolute Gasteiger partial charge is 0.480 e. The normalized spacial score (nSPS) is 17.9. The van der Waals surface area contributed by atoms with E-state index in [-0.39, 0.29) is 12.5 Å². The molecule has 3 heterocycles. The maximum atomic E-state index is 12.2. The van der Waals surface area contributed by atoms with Crippen LogP contribution in [0.2, 0.25) is 0 Å². The van der Waals surface area contributed by atoms with E-state index in [9.17, 15) is 9.59 Å². The van der Waals surface area contributed by atoms with Gasteiger partial charge in [0.2, 0.25) is 5.91 Å². The van der Waals surface area contributed by atoms with Gasteiger partial charge < -0.3 is 15.3 Å². The molecule has 22 heavy (non-hydrogen) atoms. The van der Waals surface area contributed by atoms with Crippen molar-refractivity contribution in [1.29, 1.82) is 0 Å². The summed E-state index contributed by atoms with van der Waals surface area (Å²) in [7, 11) is 0. The smallest absolute Gasteiger partial charge is 0.326 e. The second kappa shape index (κ2) is 5.88. The third-order valence-electron chi connectivity index (χ3n) is 3.72. The van der Waals surface area contributed by atoms with Crippen molar-refractivity contribution in [2.75, 3.05) is 18.4 Å². The lowest BCUT2D eigenvalue weighted by molar-refractivity contribution is -0.147. The first-order valence-corrected chi connectivity index (χ1v) is 7.85. The Kier molecular flexibility index (Phi) is 3.93. The average molecular weight is 320 g/mol. The van der Waals surface area contributed by atoms with Gasteiger partial charge in [-0.25, -0.2) is 14.8 Å². The number of thiophene rings is 1. The first kappa shape index (κ1) is 14.7. The molecular formula is C14H16N4O3S. The minimum atomic E-state index is -0.941. The van der Waals surface area contributed by atoms with Crippen LogP contribution in [-0.2, 0) is 9.59 Å². The van der Waals surface area contributed by atoms with Gasteiger partial charge in [-0.05, 0) is 25.8 Å². The Morgan fingerprint density at radius 2 is 2.32 bits per heavy atom. The van der Waals surface area contributed by atoms with Crippen LogP contribution < -0.4 is 5.32 Å². The fourth-order valence-corrected chi connectivity index (χ4v) is 3.55. The van der Waals surface area contributed by atoms with E-state index in [1.165, 1.54) is 11.2 Å². The molecule has 1 unspecified atom stereocenters. The number of hydrogen-bond donors (Lipinski definition) is 2. The summed E-state index contributed by atoms with van der Waals surface area (Å²) >= 11 is 1.57. The Balaban J connectivity index is 1.71. The third-order valence-corrected chi connectivity index (χ3v) is 4.68. The predicted molar refractivity (Wildman–Crippen MR) is 83.0 cm³/mol. The summed E-state index contributed by atoms with van der Waals surface area (Å²) in [5.74, 6) is -0.555. The van der Waals surface area contributed by atoms with E-state index in [1.54, 1.807) is 11.3 Å². The van der Waals surface area contributed by atoms with Gasteiger partial charge in [-0.3, -0.25) is 4.79 Å². The number of nitrogens with one attached hydrogen (secondary N) is 1. The predicted octanol–water partition coefficient (Wildman–Crippen LogP) is 1.49. The summed E-state index contributed by atoms with van der Waals surface area (Å²) in [5, 5.41) is 13.0. The standard InChI is InChI=1S/C14H16N4O3S/c1-8-5-9-12(16-7-17-13(9)22-8)15-6-11(19)18-4-2-3-10(18)14(20)21/h5,7,10H,2-4,6H2,1H3,(H,20,21)(H,15,16,17). The molecule has 7 nitrogen and oxygen atoms in total. The molecule has 1 atom stereocenters. The summed E-state index contributed by atoms with van der Waals surface area (Å²) in [6.07, 6.45) is 2.70. The molecule has 8 heteroatoms. The van der Waals surface area contributed by atoms with Crippen LogP contribution in [0.15, 0.2) is 12.4 Å². The topological polar surface area (TPSA) is 95.4 Å². The van der Waals surface area contributed by atoms with Crippen molar-refractivity contribution in [1.82, 2.24) is 14.9 Å². The van der Waals surface area contributed by atoms with E-state index in [0.29, 0.717) is 18.8 Å². The van der Waals surface area contributed by atoms with E-state index < -0.39 is 12.0 Å². The van der Waals surface area contributed by atoms with Crippen LogP contribution >= 0.6 is 11.3 Å². The van der Waals surface area contributed by atoms with E-state index in [4.69, 9.17) is 5.11 Å². The van der Waals surface area contributed by atoms with Gasteiger partial charge in [-0.1, -0.05) is 0 Å². The Bertz CT molecular complexity index is 730. The van der Waals surface area contributed by atoms with Crippen LogP contribution in [0.5, 0.6) is 0 Å². The van der Waals surface area contributed by atoms with Gasteiger partial charge in [0.15, 0.2) is 0 Å². The molecule has 0 bridgehead atoms. The van der Waals surface area contributed by atoms with Crippen LogP contribution in [-0.4, -0.2) is 51.0 Å². The lowest BCUT2D eigenvalue weighted by Gasteiger charge is -2.21. The van der Waals surface area contributed by atoms with Crippen LogP contribution in [0.4, 0.5) is 5.82 Å². The first-order chi connectivity index (χ1) is 10.6. The Hall–Kier alpha value is -2.22. The summed E-state index contributed by atoms with van der Waals surface area (Å²) in [6, 6.07) is 1.27. The van der Waals surface area contributed by atoms with Gasteiger partial charge >= 0.3 is 5.97 Å². The van der Waals surface area contributed by atoms with Gasteiger partial charge in [0.1, 0.15) is 23.0 Å². The van der Waals surface area contributed by atoms with Crippen LogP contribution in [0.3, 0.4) is 0 Å². The molecule has 1 aliphatic rings. The van der Waals surface area contributed by atoms with Crippen molar-refractivity contribution in [2.45, 2.75) is 25.8 Å². The number of anilines is 1. The average Bonchev–Trinajstić information content (AvgIpc) is 3.09. The van der Waals surface area contributed by atoms with Crippen molar-refractivity contribution >= 4 is 39.2 Å². The van der Waals surface area contributed by atoms with Crippen molar-refractivity contribution in [3.63, 3.8) is 0 Å². The molecule has 2 N–H and O–H groups in total. The number of fused-ring (bicyclic) bond motifs is 1. The van der Waals surface area contributed by atoms with Crippen molar-refractivity contribution in [3.8, 4) is 0 Å². The lowest BCUT2D eigenvalue weighted by Crippen LogP contribution is -2.43. The highest BCUT2D eigenvalue weighted by Crippen LogP contribution is 2.27. The zero-order chi connectivity index (χ0) is 15.7. The van der Waals surface area contributed by atoms with E-state index in [1.807, 2.05) is 13.0 Å². The molecule has 0 aliphatic carbocycles. The van der Waals surface area contributed by atoms with E-state index in [2.05, 4.69) is 15.3 Å². The summed E-state index contributed by atoms with van der Waals surface area (Å²) in [6.45, 7) is 2.52. The number of aryl methyl sites for hydroxylation is 1. The summed E-state index contributed by atoms with van der Waals surface area (Å²) < 4.78 is 0. The number of carbonyl (C=O) groups excluding carboxylic acids is 1. The molecule has 2 aromatic heterocycles. The van der Waals surface area contributed by atoms with Crippen molar-refractivity contribution < 1.29 is 14.7 Å². The van der Waals surface area contributed by atoms with Crippen molar-refractivity contribution in [3.05, 3.63) is 17.3 Å². The summed E-state index contributed by atoms with van der Waals surface area (Å²) in [4.78, 5) is 35.1. The quantitative estimate of drug-likeness (QED) is 0.886. The van der Waals surface area contributed by atoms with Crippen LogP contribution in [0.1, 0.15) is 17.7 Å². The van der Waals surface area contributed by atoms with Crippen molar-refractivity contribution in [2.24, 2.45) is 0 Å². The molecule has 0 spiro atoms. The monoisotopic (exact) mass is 320 g/mol. The maximum absolute atomic E-state index is 12.2. The zero-order valence-corrected chi connectivity index (χ0v) is 12.9. The highest BCUT2D eigenvalue weighted by molar-refractivity contribution is 7.18. The van der Waals surface area contributed by atoms with Gasteiger partial charge in [0.05, 0.1) is 11.9 Å². The number of likely N-dealkylation sites (tertiary alicyclic amines) is 1.